The van der Waals surface area contributed by atoms with E-state index in [9.17, 15) is 14.9 Å². The molecule has 1 aliphatic rings. The van der Waals surface area contributed by atoms with Crippen LogP contribution in [0.2, 0.25) is 0 Å². The highest BCUT2D eigenvalue weighted by molar-refractivity contribution is 5.92. The Balaban J connectivity index is 2.21. The van der Waals surface area contributed by atoms with Crippen molar-refractivity contribution in [2.75, 3.05) is 39.8 Å². The van der Waals surface area contributed by atoms with Crippen molar-refractivity contribution in [2.24, 2.45) is 0 Å². The number of nitrogens with zero attached hydrogens (tertiary/aromatic N) is 2. The maximum atomic E-state index is 11.8. The number of ether oxygens (including phenoxy) is 1. The number of nitrogens with one attached hydrogen (secondary N) is 1. The molecule has 1 aromatic rings. The van der Waals surface area contributed by atoms with Crippen LogP contribution in [-0.4, -0.2) is 55.6 Å². The SMILES string of the molecule is COC(=O)c1cccc([N+](=O)[O-])c1CCN1CCNCC1. The molecular weight excluding hydrogens is 274 g/mol. The molecule has 0 bridgehead atoms. The molecule has 0 atom stereocenters. The van der Waals surface area contributed by atoms with Crippen molar-refractivity contribution >= 4 is 11.7 Å². The fourth-order valence-corrected chi connectivity index (χ4v) is 2.51. The van der Waals surface area contributed by atoms with E-state index < -0.39 is 10.9 Å². The monoisotopic (exact) mass is 293 g/mol. The quantitative estimate of drug-likeness (QED) is 0.492. The molecule has 114 valence electrons. The minimum Gasteiger partial charge on any atom is -0.465 e. The van der Waals surface area contributed by atoms with Crippen LogP contribution in [0.5, 0.6) is 0 Å². The third-order valence-electron chi connectivity index (χ3n) is 3.64. The van der Waals surface area contributed by atoms with Crippen LogP contribution in [0.15, 0.2) is 18.2 Å². The van der Waals surface area contributed by atoms with E-state index in [1.165, 1.54) is 19.2 Å². The highest BCUT2D eigenvalue weighted by Crippen LogP contribution is 2.24. The van der Waals surface area contributed by atoms with Gasteiger partial charge in [0.1, 0.15) is 0 Å². The Morgan fingerprint density at radius 3 is 2.76 bits per heavy atom. The molecule has 0 amide bonds. The molecule has 1 heterocycles. The van der Waals surface area contributed by atoms with Crippen molar-refractivity contribution in [3.63, 3.8) is 0 Å². The lowest BCUT2D eigenvalue weighted by Gasteiger charge is -2.27. The summed E-state index contributed by atoms with van der Waals surface area (Å²) in [5, 5.41) is 14.4. The summed E-state index contributed by atoms with van der Waals surface area (Å²) in [5.41, 5.74) is 0.711. The van der Waals surface area contributed by atoms with Gasteiger partial charge < -0.3 is 15.0 Å². The fraction of sp³-hybridized carbons (Fsp3) is 0.500. The second-order valence-corrected chi connectivity index (χ2v) is 4.89. The zero-order valence-corrected chi connectivity index (χ0v) is 12.0. The van der Waals surface area contributed by atoms with E-state index >= 15 is 0 Å². The Kier molecular flexibility index (Phi) is 5.24. The van der Waals surface area contributed by atoms with Crippen molar-refractivity contribution in [3.8, 4) is 0 Å². The van der Waals surface area contributed by atoms with Gasteiger partial charge in [-0.25, -0.2) is 4.79 Å². The summed E-state index contributed by atoms with van der Waals surface area (Å²) in [6.07, 6.45) is 0.460. The van der Waals surface area contributed by atoms with Crippen molar-refractivity contribution in [2.45, 2.75) is 6.42 Å². The number of esters is 1. The maximum absolute atomic E-state index is 11.8. The van der Waals surface area contributed by atoms with E-state index in [4.69, 9.17) is 4.74 Å². The molecule has 1 fully saturated rings. The lowest BCUT2D eigenvalue weighted by Crippen LogP contribution is -2.44. The van der Waals surface area contributed by atoms with Crippen LogP contribution in [0, 0.1) is 10.1 Å². The predicted molar refractivity (Wildman–Crippen MR) is 77.4 cm³/mol. The third-order valence-corrected chi connectivity index (χ3v) is 3.64. The Labute approximate surface area is 123 Å². The van der Waals surface area contributed by atoms with Gasteiger partial charge in [-0.15, -0.1) is 0 Å². The van der Waals surface area contributed by atoms with Gasteiger partial charge >= 0.3 is 5.97 Å². The van der Waals surface area contributed by atoms with Crippen LogP contribution in [0.4, 0.5) is 5.69 Å². The number of nitro benzene ring substituents is 1. The first-order valence-electron chi connectivity index (χ1n) is 6.91. The molecular formula is C14H19N3O4. The molecule has 0 unspecified atom stereocenters. The lowest BCUT2D eigenvalue weighted by molar-refractivity contribution is -0.385. The molecule has 1 aromatic carbocycles. The molecule has 0 spiro atoms. The summed E-state index contributed by atoms with van der Waals surface area (Å²) in [7, 11) is 1.28. The van der Waals surface area contributed by atoms with E-state index in [1.54, 1.807) is 6.07 Å². The van der Waals surface area contributed by atoms with Gasteiger partial charge in [-0.3, -0.25) is 10.1 Å². The molecule has 0 aliphatic carbocycles. The number of hydrogen-bond acceptors (Lipinski definition) is 6. The predicted octanol–water partition coefficient (Wildman–Crippen LogP) is 0.829. The number of hydrogen-bond donors (Lipinski definition) is 1. The molecule has 2 rings (SSSR count). The largest absolute Gasteiger partial charge is 0.465 e. The average Bonchev–Trinajstić information content (AvgIpc) is 2.52. The van der Waals surface area contributed by atoms with Gasteiger partial charge in [0.2, 0.25) is 0 Å². The molecule has 1 N–H and O–H groups in total. The van der Waals surface area contributed by atoms with E-state index in [0.717, 1.165) is 26.2 Å². The van der Waals surface area contributed by atoms with Crippen LogP contribution in [0.3, 0.4) is 0 Å². The lowest BCUT2D eigenvalue weighted by atomic mass is 10.0. The fourth-order valence-electron chi connectivity index (χ4n) is 2.51. The molecule has 0 radical (unpaired) electrons. The summed E-state index contributed by atoms with van der Waals surface area (Å²) >= 11 is 0. The highest BCUT2D eigenvalue weighted by atomic mass is 16.6. The average molecular weight is 293 g/mol. The molecule has 1 aliphatic heterocycles. The van der Waals surface area contributed by atoms with Gasteiger partial charge in [-0.2, -0.15) is 0 Å². The van der Waals surface area contributed by atoms with Crippen LogP contribution in [0.1, 0.15) is 15.9 Å². The number of carbonyl (C=O) groups excluding carboxylic acids is 1. The minimum absolute atomic E-state index is 0.0203. The van der Waals surface area contributed by atoms with Gasteiger partial charge in [0.15, 0.2) is 0 Å². The van der Waals surface area contributed by atoms with E-state index in [-0.39, 0.29) is 11.3 Å². The summed E-state index contributed by atoms with van der Waals surface area (Å²) < 4.78 is 4.72. The molecule has 0 saturated carbocycles. The first kappa shape index (κ1) is 15.4. The second kappa shape index (κ2) is 7.14. The Hall–Kier alpha value is -1.99. The van der Waals surface area contributed by atoms with Crippen molar-refractivity contribution in [3.05, 3.63) is 39.4 Å². The van der Waals surface area contributed by atoms with Crippen molar-refractivity contribution in [1.29, 1.82) is 0 Å². The Morgan fingerprint density at radius 1 is 1.43 bits per heavy atom. The summed E-state index contributed by atoms with van der Waals surface area (Å²) in [6, 6.07) is 4.52. The molecule has 7 heteroatoms. The smallest absolute Gasteiger partial charge is 0.338 e. The zero-order valence-electron chi connectivity index (χ0n) is 12.0. The van der Waals surface area contributed by atoms with Crippen LogP contribution < -0.4 is 5.32 Å². The normalized spacial score (nSPS) is 15.7. The Morgan fingerprint density at radius 2 is 2.14 bits per heavy atom. The van der Waals surface area contributed by atoms with Gasteiger partial charge in [-0.05, 0) is 12.5 Å². The summed E-state index contributed by atoms with van der Waals surface area (Å²) in [6.45, 7) is 4.35. The van der Waals surface area contributed by atoms with E-state index in [2.05, 4.69) is 10.2 Å². The van der Waals surface area contributed by atoms with Gasteiger partial charge in [0, 0.05) is 44.4 Å². The molecule has 0 aromatic heterocycles. The summed E-state index contributed by atoms with van der Waals surface area (Å²) in [4.78, 5) is 24.7. The maximum Gasteiger partial charge on any atom is 0.338 e. The minimum atomic E-state index is -0.533. The van der Waals surface area contributed by atoms with Crippen LogP contribution >= 0.6 is 0 Å². The van der Waals surface area contributed by atoms with Crippen molar-refractivity contribution in [1.82, 2.24) is 10.2 Å². The van der Waals surface area contributed by atoms with Gasteiger partial charge in [-0.1, -0.05) is 6.07 Å². The first-order valence-corrected chi connectivity index (χ1v) is 6.91. The number of methoxy groups -OCH3 is 1. The van der Waals surface area contributed by atoms with E-state index in [1.807, 2.05) is 0 Å². The number of rotatable bonds is 5. The topological polar surface area (TPSA) is 84.7 Å². The number of nitro groups is 1. The second-order valence-electron chi connectivity index (χ2n) is 4.89. The number of benzene rings is 1. The van der Waals surface area contributed by atoms with Gasteiger partial charge in [0.05, 0.1) is 17.6 Å². The molecule has 21 heavy (non-hydrogen) atoms. The standard InChI is InChI=1S/C14H19N3O4/c1-21-14(18)12-3-2-4-13(17(19)20)11(12)5-8-16-9-6-15-7-10-16/h2-4,15H,5-10H2,1H3. The van der Waals surface area contributed by atoms with Crippen molar-refractivity contribution < 1.29 is 14.5 Å². The van der Waals surface area contributed by atoms with E-state index in [0.29, 0.717) is 18.5 Å². The number of carbonyl (C=O) groups is 1. The summed E-state index contributed by atoms with van der Waals surface area (Å²) in [5.74, 6) is -0.533. The van der Waals surface area contributed by atoms with Gasteiger partial charge in [0.25, 0.3) is 5.69 Å². The zero-order chi connectivity index (χ0) is 15.2. The molecule has 7 nitrogen and oxygen atoms in total. The molecule has 1 saturated heterocycles. The Bertz CT molecular complexity index is 527. The van der Waals surface area contributed by atoms with Crippen LogP contribution in [-0.2, 0) is 11.2 Å². The number of piperazine rings is 1. The van der Waals surface area contributed by atoms with Crippen LogP contribution in [0.25, 0.3) is 0 Å². The first-order chi connectivity index (χ1) is 10.1. The third kappa shape index (κ3) is 3.77. The highest BCUT2D eigenvalue weighted by Gasteiger charge is 2.22.